The zero-order valence-corrected chi connectivity index (χ0v) is 17.5. The highest BCUT2D eigenvalue weighted by Crippen LogP contribution is 2.41. The van der Waals surface area contributed by atoms with Crippen molar-refractivity contribution in [1.29, 1.82) is 0 Å². The van der Waals surface area contributed by atoms with Gasteiger partial charge in [-0.3, -0.25) is 4.79 Å². The Balaban J connectivity index is 1.46. The first-order chi connectivity index (χ1) is 14.5. The molecule has 1 saturated heterocycles. The summed E-state index contributed by atoms with van der Waals surface area (Å²) >= 11 is 6.35. The van der Waals surface area contributed by atoms with Crippen molar-refractivity contribution in [3.05, 3.63) is 52.5 Å². The lowest BCUT2D eigenvalue weighted by atomic mass is 9.99. The van der Waals surface area contributed by atoms with Crippen molar-refractivity contribution >= 4 is 23.5 Å². The smallest absolute Gasteiger partial charge is 0.337 e. The molecule has 6 nitrogen and oxygen atoms in total. The Labute approximate surface area is 180 Å². The quantitative estimate of drug-likeness (QED) is 0.734. The molecule has 158 valence electrons. The fourth-order valence-corrected chi connectivity index (χ4v) is 4.19. The number of halogens is 1. The molecule has 2 aliphatic rings. The number of rotatable bonds is 5. The third kappa shape index (κ3) is 4.45. The first-order valence-electron chi connectivity index (χ1n) is 10.1. The van der Waals surface area contributed by atoms with Crippen molar-refractivity contribution in [1.82, 2.24) is 5.32 Å². The van der Waals surface area contributed by atoms with Gasteiger partial charge in [-0.15, -0.1) is 0 Å². The van der Waals surface area contributed by atoms with E-state index >= 15 is 0 Å². The highest BCUT2D eigenvalue weighted by molar-refractivity contribution is 6.31. The van der Waals surface area contributed by atoms with Crippen LogP contribution in [0.2, 0.25) is 5.02 Å². The van der Waals surface area contributed by atoms with Crippen molar-refractivity contribution in [2.24, 2.45) is 5.92 Å². The maximum Gasteiger partial charge on any atom is 0.337 e. The number of carbonyl (C=O) groups is 2. The molecule has 2 heterocycles. The molecule has 2 aromatic rings. The maximum absolute atomic E-state index is 12.4. The summed E-state index contributed by atoms with van der Waals surface area (Å²) in [6.45, 7) is 1.73. The van der Waals surface area contributed by atoms with Gasteiger partial charge < -0.3 is 19.5 Å². The molecule has 0 bridgehead atoms. The molecule has 1 N–H and O–H groups in total. The van der Waals surface area contributed by atoms with Crippen molar-refractivity contribution < 1.29 is 23.8 Å². The van der Waals surface area contributed by atoms with Crippen molar-refractivity contribution in [2.45, 2.75) is 25.4 Å². The summed E-state index contributed by atoms with van der Waals surface area (Å²) in [5, 5.41) is 3.65. The van der Waals surface area contributed by atoms with Crippen molar-refractivity contribution in [2.75, 3.05) is 26.9 Å². The summed E-state index contributed by atoms with van der Waals surface area (Å²) in [6, 6.07) is 10.9. The number of hydrogen-bond acceptors (Lipinski definition) is 5. The van der Waals surface area contributed by atoms with Crippen LogP contribution in [0.25, 0.3) is 11.1 Å². The Morgan fingerprint density at radius 2 is 1.90 bits per heavy atom. The molecule has 0 radical (unpaired) electrons. The summed E-state index contributed by atoms with van der Waals surface area (Å²) in [5.41, 5.74) is 3.26. The van der Waals surface area contributed by atoms with E-state index in [1.807, 2.05) is 24.3 Å². The van der Waals surface area contributed by atoms with Gasteiger partial charge in [0.1, 0.15) is 11.9 Å². The van der Waals surface area contributed by atoms with Crippen LogP contribution in [0.15, 0.2) is 36.4 Å². The van der Waals surface area contributed by atoms with Crippen LogP contribution in [0.1, 0.15) is 28.8 Å². The predicted octanol–water partition coefficient (Wildman–Crippen LogP) is 3.64. The molecule has 1 atom stereocenters. The third-order valence-electron chi connectivity index (χ3n) is 5.58. The van der Waals surface area contributed by atoms with Gasteiger partial charge in [-0.1, -0.05) is 23.7 Å². The van der Waals surface area contributed by atoms with Gasteiger partial charge in [0.2, 0.25) is 5.91 Å². The average Bonchev–Trinajstić information content (AvgIpc) is 3.19. The molecule has 30 heavy (non-hydrogen) atoms. The van der Waals surface area contributed by atoms with E-state index in [1.54, 1.807) is 12.1 Å². The molecule has 4 rings (SSSR count). The number of esters is 1. The van der Waals surface area contributed by atoms with Gasteiger partial charge in [-0.25, -0.2) is 4.79 Å². The first-order valence-corrected chi connectivity index (χ1v) is 10.5. The molecule has 1 fully saturated rings. The van der Waals surface area contributed by atoms with E-state index < -0.39 is 0 Å². The monoisotopic (exact) mass is 429 g/mol. The maximum atomic E-state index is 12.4. The lowest BCUT2D eigenvalue weighted by Gasteiger charge is -2.22. The number of fused-ring (bicyclic) bond motifs is 1. The second-order valence-electron chi connectivity index (χ2n) is 7.59. The minimum atomic E-state index is -0.380. The Kier molecular flexibility index (Phi) is 6.25. The molecule has 0 aliphatic carbocycles. The van der Waals surface area contributed by atoms with Crippen LogP contribution < -0.4 is 10.1 Å². The standard InChI is InChI=1S/C23H24ClNO5/c1-28-23(27)16-4-2-14(3-5-16)20-12-18(24)10-17-11-19(30-21(17)20)13-25-22(26)15-6-8-29-9-7-15/h2-5,10,12,15,19H,6-9,11,13H2,1H3,(H,25,26)/t19-/m0/s1. The SMILES string of the molecule is COC(=O)c1ccc(-c2cc(Cl)cc3c2O[C@H](CNC(=O)C2CCOCC2)C3)cc1. The largest absolute Gasteiger partial charge is 0.487 e. The molecule has 1 amide bonds. The van der Waals surface area contributed by atoms with Crippen LogP contribution >= 0.6 is 11.6 Å². The number of ether oxygens (including phenoxy) is 3. The number of methoxy groups -OCH3 is 1. The molecule has 7 heteroatoms. The summed E-state index contributed by atoms with van der Waals surface area (Å²) in [7, 11) is 1.36. The van der Waals surface area contributed by atoms with Gasteiger partial charge in [0.15, 0.2) is 0 Å². The number of nitrogens with one attached hydrogen (secondary N) is 1. The molecule has 0 saturated carbocycles. The van der Waals surface area contributed by atoms with Crippen LogP contribution in [0, 0.1) is 5.92 Å². The highest BCUT2D eigenvalue weighted by Gasteiger charge is 2.28. The van der Waals surface area contributed by atoms with E-state index in [-0.39, 0.29) is 23.9 Å². The summed E-state index contributed by atoms with van der Waals surface area (Å²) in [4.78, 5) is 24.1. The van der Waals surface area contributed by atoms with E-state index in [9.17, 15) is 9.59 Å². The molecular formula is C23H24ClNO5. The molecule has 0 spiro atoms. The Morgan fingerprint density at radius 3 is 2.60 bits per heavy atom. The molecular weight excluding hydrogens is 406 g/mol. The second-order valence-corrected chi connectivity index (χ2v) is 8.02. The van der Waals surface area contributed by atoms with Gasteiger partial charge in [-0.2, -0.15) is 0 Å². The lowest BCUT2D eigenvalue weighted by molar-refractivity contribution is -0.128. The lowest BCUT2D eigenvalue weighted by Crippen LogP contribution is -2.39. The molecule has 0 aromatic heterocycles. The number of amides is 1. The van der Waals surface area contributed by atoms with Crippen LogP contribution in [0.5, 0.6) is 5.75 Å². The first kappa shape index (κ1) is 20.7. The molecule has 2 aliphatic heterocycles. The van der Waals surface area contributed by atoms with Crippen LogP contribution in [0.4, 0.5) is 0 Å². The van der Waals surface area contributed by atoms with Crippen molar-refractivity contribution in [3.63, 3.8) is 0 Å². The van der Waals surface area contributed by atoms with Crippen LogP contribution in [0.3, 0.4) is 0 Å². The minimum Gasteiger partial charge on any atom is -0.487 e. The van der Waals surface area contributed by atoms with E-state index in [0.29, 0.717) is 36.8 Å². The topological polar surface area (TPSA) is 73.9 Å². The van der Waals surface area contributed by atoms with E-state index in [2.05, 4.69) is 5.32 Å². The van der Waals surface area contributed by atoms with E-state index in [1.165, 1.54) is 7.11 Å². The minimum absolute atomic E-state index is 0.0147. The number of carbonyl (C=O) groups excluding carboxylic acids is 2. The second kappa shape index (κ2) is 9.06. The van der Waals surface area contributed by atoms with Gasteiger partial charge in [0, 0.05) is 41.7 Å². The average molecular weight is 430 g/mol. The Hall–Kier alpha value is -2.57. The zero-order chi connectivity index (χ0) is 21.1. The van der Waals surface area contributed by atoms with Gasteiger partial charge in [-0.05, 0) is 42.7 Å². The Bertz CT molecular complexity index is 937. The van der Waals surface area contributed by atoms with E-state index in [4.69, 9.17) is 25.8 Å². The highest BCUT2D eigenvalue weighted by atomic mass is 35.5. The molecule has 0 unspecified atom stereocenters. The van der Waals surface area contributed by atoms with Crippen LogP contribution in [-0.2, 0) is 20.7 Å². The molecule has 2 aromatic carbocycles. The Morgan fingerprint density at radius 1 is 1.17 bits per heavy atom. The van der Waals surface area contributed by atoms with Crippen molar-refractivity contribution in [3.8, 4) is 16.9 Å². The third-order valence-corrected chi connectivity index (χ3v) is 5.79. The van der Waals surface area contributed by atoms with Crippen LogP contribution in [-0.4, -0.2) is 44.8 Å². The zero-order valence-electron chi connectivity index (χ0n) is 16.8. The fourth-order valence-electron chi connectivity index (χ4n) is 3.95. The summed E-state index contributed by atoms with van der Waals surface area (Å²) in [5.74, 6) is 0.473. The number of benzene rings is 2. The van der Waals surface area contributed by atoms with Gasteiger partial charge in [0.25, 0.3) is 0 Å². The van der Waals surface area contributed by atoms with Gasteiger partial charge >= 0.3 is 5.97 Å². The van der Waals surface area contributed by atoms with E-state index in [0.717, 1.165) is 35.3 Å². The fraction of sp³-hybridized carbons (Fsp3) is 0.391. The summed E-state index contributed by atoms with van der Waals surface area (Å²) < 4.78 is 16.3. The number of hydrogen-bond donors (Lipinski definition) is 1. The summed E-state index contributed by atoms with van der Waals surface area (Å²) in [6.07, 6.45) is 2.06. The predicted molar refractivity (Wildman–Crippen MR) is 113 cm³/mol. The normalized spacial score (nSPS) is 18.4. The van der Waals surface area contributed by atoms with Gasteiger partial charge in [0.05, 0.1) is 19.2 Å².